The maximum Gasteiger partial charge on any atom is 0.339 e. The molecule has 3 aromatic rings. The van der Waals surface area contributed by atoms with Gasteiger partial charge in [0.25, 0.3) is 0 Å². The molecule has 0 radical (unpaired) electrons. The van der Waals surface area contributed by atoms with E-state index in [1.165, 1.54) is 25.4 Å². The molecule has 0 N–H and O–H groups in total. The van der Waals surface area contributed by atoms with Crippen LogP contribution in [0.4, 0.5) is 10.3 Å². The number of hydrogen-bond acceptors (Lipinski definition) is 9. The number of halogens is 1. The predicted octanol–water partition coefficient (Wildman–Crippen LogP) is 5.37. The van der Waals surface area contributed by atoms with Crippen molar-refractivity contribution in [1.82, 2.24) is 15.0 Å². The number of aromatic nitrogens is 3. The number of ether oxygens (including phenoxy) is 3. The number of rotatable bonds is 11. The van der Waals surface area contributed by atoms with Gasteiger partial charge in [0.05, 0.1) is 29.3 Å². The number of anilines is 1. The lowest BCUT2D eigenvalue weighted by Gasteiger charge is -2.33. The average molecular weight is 613 g/mol. The molecule has 0 aliphatic carbocycles. The Morgan fingerprint density at radius 1 is 1.19 bits per heavy atom. The smallest absolute Gasteiger partial charge is 0.339 e. The molecular weight excluding hydrogens is 575 g/mol. The fraction of sp³-hybridized carbons (Fsp3) is 0.419. The van der Waals surface area contributed by atoms with E-state index in [4.69, 9.17) is 14.2 Å². The summed E-state index contributed by atoms with van der Waals surface area (Å²) < 4.78 is 57.4. The molecule has 1 aliphatic rings. The molecule has 12 heteroatoms. The maximum atomic E-state index is 13.8. The van der Waals surface area contributed by atoms with E-state index in [2.05, 4.69) is 15.0 Å². The van der Waals surface area contributed by atoms with Crippen molar-refractivity contribution < 1.29 is 31.8 Å². The molecule has 0 bridgehead atoms. The number of sulfonamides is 1. The first-order chi connectivity index (χ1) is 20.5. The molecule has 2 unspecified atom stereocenters. The third-order valence-corrected chi connectivity index (χ3v) is 8.00. The van der Waals surface area contributed by atoms with Gasteiger partial charge in [0.1, 0.15) is 11.9 Å². The molecule has 230 valence electrons. The van der Waals surface area contributed by atoms with Gasteiger partial charge in [-0.2, -0.15) is 0 Å². The van der Waals surface area contributed by atoms with Crippen molar-refractivity contribution in [3.63, 3.8) is 0 Å². The van der Waals surface area contributed by atoms with Crippen LogP contribution in [0.25, 0.3) is 17.3 Å². The lowest BCUT2D eigenvalue weighted by Crippen LogP contribution is -2.38. The van der Waals surface area contributed by atoms with Gasteiger partial charge in [0.2, 0.25) is 16.0 Å². The van der Waals surface area contributed by atoms with E-state index < -0.39 is 40.3 Å². The van der Waals surface area contributed by atoms with Gasteiger partial charge in [0.15, 0.2) is 6.29 Å². The van der Waals surface area contributed by atoms with E-state index in [0.717, 1.165) is 17.0 Å². The summed E-state index contributed by atoms with van der Waals surface area (Å²) in [7, 11) is -2.26. The topological polar surface area (TPSA) is 121 Å². The van der Waals surface area contributed by atoms with Crippen LogP contribution in [0.5, 0.6) is 0 Å². The van der Waals surface area contributed by atoms with Crippen LogP contribution in [0.2, 0.25) is 0 Å². The fourth-order valence-electron chi connectivity index (χ4n) is 4.56. The first-order valence-corrected chi connectivity index (χ1v) is 16.0. The Hall–Kier alpha value is -3.74. The van der Waals surface area contributed by atoms with Gasteiger partial charge in [-0.1, -0.05) is 32.9 Å². The summed E-state index contributed by atoms with van der Waals surface area (Å²) in [5.74, 6) is -0.994. The fourth-order valence-corrected chi connectivity index (χ4v) is 4.93. The number of pyridine rings is 1. The van der Waals surface area contributed by atoms with E-state index >= 15 is 0 Å². The minimum atomic E-state index is -3.65. The van der Waals surface area contributed by atoms with Gasteiger partial charge in [0, 0.05) is 50.0 Å². The largest absolute Gasteiger partial charge is 0.458 e. The summed E-state index contributed by atoms with van der Waals surface area (Å²) in [4.78, 5) is 26.0. The van der Waals surface area contributed by atoms with Crippen molar-refractivity contribution in [2.75, 3.05) is 24.2 Å². The quantitative estimate of drug-likeness (QED) is 0.263. The lowest BCUT2D eigenvalue weighted by molar-refractivity contribution is -0.203. The molecule has 1 aromatic carbocycles. The van der Waals surface area contributed by atoms with Crippen molar-refractivity contribution >= 4 is 28.0 Å². The van der Waals surface area contributed by atoms with E-state index in [1.54, 1.807) is 30.5 Å². The van der Waals surface area contributed by atoms with Crippen molar-refractivity contribution in [2.24, 2.45) is 0 Å². The number of carbonyl (C=O) groups excluding carboxylic acids is 1. The van der Waals surface area contributed by atoms with E-state index in [9.17, 15) is 17.6 Å². The second kappa shape index (κ2) is 14.2. The summed E-state index contributed by atoms with van der Waals surface area (Å²) in [5.41, 5.74) is 2.62. The molecule has 2 aromatic heterocycles. The molecule has 1 saturated heterocycles. The molecule has 4 rings (SSSR count). The number of benzene rings is 1. The second-order valence-electron chi connectivity index (χ2n) is 10.6. The van der Waals surface area contributed by atoms with Gasteiger partial charge >= 0.3 is 5.97 Å². The Morgan fingerprint density at radius 2 is 1.93 bits per heavy atom. The van der Waals surface area contributed by atoms with E-state index in [1.807, 2.05) is 32.9 Å². The van der Waals surface area contributed by atoms with Gasteiger partial charge in [-0.15, -0.1) is 0 Å². The summed E-state index contributed by atoms with van der Waals surface area (Å²) in [5, 5.41) is 0. The van der Waals surface area contributed by atoms with Gasteiger partial charge in [-0.05, 0) is 48.7 Å². The zero-order valence-corrected chi connectivity index (χ0v) is 25.8. The van der Waals surface area contributed by atoms with Crippen LogP contribution < -0.4 is 4.31 Å². The SMILES string of the molecule is CCCOC1C[C@H](OC(=O)c2cccnc2)CC(/C=C/c2c(-c3ccc(F)cc3)nc(N(C)S(C)(=O)=O)nc2C(C)C)O1. The van der Waals surface area contributed by atoms with Crippen LogP contribution in [-0.4, -0.2) is 67.7 Å². The van der Waals surface area contributed by atoms with Crippen LogP contribution in [0.1, 0.15) is 67.6 Å². The first kappa shape index (κ1) is 32.2. The zero-order chi connectivity index (χ0) is 31.1. The molecule has 0 spiro atoms. The van der Waals surface area contributed by atoms with E-state index in [-0.39, 0.29) is 11.9 Å². The maximum absolute atomic E-state index is 13.8. The molecule has 10 nitrogen and oxygen atoms in total. The van der Waals surface area contributed by atoms with Gasteiger partial charge in [-0.25, -0.2) is 31.9 Å². The Labute approximate surface area is 252 Å². The van der Waals surface area contributed by atoms with Crippen LogP contribution in [0, 0.1) is 5.82 Å². The number of nitrogens with zero attached hydrogens (tertiary/aromatic N) is 4. The van der Waals surface area contributed by atoms with Crippen LogP contribution in [0.15, 0.2) is 54.9 Å². The molecule has 3 heterocycles. The minimum Gasteiger partial charge on any atom is -0.458 e. The Kier molecular flexibility index (Phi) is 10.6. The molecule has 1 aliphatic heterocycles. The highest BCUT2D eigenvalue weighted by Gasteiger charge is 2.32. The standard InChI is InChI=1S/C31H37FN4O6S/c1-6-16-40-27-18-25(42-30(37)22-8-7-15-33-19-22)17-24(41-27)13-14-26-28(20(2)3)34-31(36(4)43(5,38)39)35-29(26)21-9-11-23(32)12-10-21/h7-15,19-20,24-25,27H,6,16-18H2,1-5H3/b14-13+/t24?,25-,27?/m1/s1. The van der Waals surface area contributed by atoms with Crippen molar-refractivity contribution in [3.05, 3.63) is 77.5 Å². The normalized spacial score (nSPS) is 19.1. The molecule has 1 fully saturated rings. The third-order valence-electron chi connectivity index (χ3n) is 6.84. The monoisotopic (exact) mass is 612 g/mol. The predicted molar refractivity (Wildman–Crippen MR) is 161 cm³/mol. The molecular formula is C31H37FN4O6S. The number of carbonyl (C=O) groups is 1. The number of esters is 1. The second-order valence-corrected chi connectivity index (χ2v) is 12.7. The molecule has 3 atom stereocenters. The van der Waals surface area contributed by atoms with Crippen LogP contribution in [0.3, 0.4) is 0 Å². The molecule has 43 heavy (non-hydrogen) atoms. The highest BCUT2D eigenvalue weighted by Crippen LogP contribution is 2.33. The third kappa shape index (κ3) is 8.43. The minimum absolute atomic E-state index is 0.00648. The Balaban J connectivity index is 1.71. The summed E-state index contributed by atoms with van der Waals surface area (Å²) in [6.07, 6.45) is 7.80. The van der Waals surface area contributed by atoms with Crippen LogP contribution >= 0.6 is 0 Å². The number of hydrogen-bond donors (Lipinski definition) is 0. The van der Waals surface area contributed by atoms with Crippen molar-refractivity contribution in [3.8, 4) is 11.3 Å². The van der Waals surface area contributed by atoms with Crippen molar-refractivity contribution in [2.45, 2.75) is 64.4 Å². The summed E-state index contributed by atoms with van der Waals surface area (Å²) in [6.45, 7) is 6.37. The molecule has 0 amide bonds. The van der Waals surface area contributed by atoms with Crippen LogP contribution in [-0.2, 0) is 24.2 Å². The summed E-state index contributed by atoms with van der Waals surface area (Å²) >= 11 is 0. The first-order valence-electron chi connectivity index (χ1n) is 14.1. The van der Waals surface area contributed by atoms with Gasteiger partial charge < -0.3 is 14.2 Å². The Morgan fingerprint density at radius 3 is 2.56 bits per heavy atom. The Bertz CT molecular complexity index is 1530. The van der Waals surface area contributed by atoms with Crippen molar-refractivity contribution in [1.29, 1.82) is 0 Å². The highest BCUT2D eigenvalue weighted by molar-refractivity contribution is 7.92. The highest BCUT2D eigenvalue weighted by atomic mass is 32.2. The van der Waals surface area contributed by atoms with E-state index in [0.29, 0.717) is 47.5 Å². The average Bonchev–Trinajstić information content (AvgIpc) is 2.98. The molecule has 0 saturated carbocycles. The van der Waals surface area contributed by atoms with Gasteiger partial charge in [-0.3, -0.25) is 4.98 Å². The lowest BCUT2D eigenvalue weighted by atomic mass is 9.96. The zero-order valence-electron chi connectivity index (χ0n) is 24.9. The summed E-state index contributed by atoms with van der Waals surface area (Å²) in [6, 6.07) is 9.13.